The van der Waals surface area contributed by atoms with Crippen LogP contribution in [0.3, 0.4) is 0 Å². The van der Waals surface area contributed by atoms with E-state index in [-0.39, 0.29) is 22.5 Å². The van der Waals surface area contributed by atoms with Crippen LogP contribution in [0.4, 0.5) is 4.39 Å². The molecular formula is C16H23ClFNO. The van der Waals surface area contributed by atoms with Gasteiger partial charge in [0.15, 0.2) is 0 Å². The largest absolute Gasteiger partial charge is 0.349 e. The smallest absolute Gasteiger partial charge is 0.251 e. The lowest BCUT2D eigenvalue weighted by molar-refractivity contribution is 0.0910. The van der Waals surface area contributed by atoms with Gasteiger partial charge < -0.3 is 5.32 Å². The summed E-state index contributed by atoms with van der Waals surface area (Å²) in [5, 5.41) is 3.22. The molecule has 1 aliphatic rings. The molecule has 1 N–H and O–H groups in total. The predicted molar refractivity (Wildman–Crippen MR) is 81.6 cm³/mol. The number of amides is 1. The molecule has 1 fully saturated rings. The van der Waals surface area contributed by atoms with E-state index in [2.05, 4.69) is 12.2 Å². The van der Waals surface area contributed by atoms with Gasteiger partial charge in [-0.3, -0.25) is 4.79 Å². The molecule has 1 amide bonds. The van der Waals surface area contributed by atoms with Crippen molar-refractivity contribution in [2.45, 2.75) is 52.5 Å². The highest BCUT2D eigenvalue weighted by atomic mass is 35.5. The van der Waals surface area contributed by atoms with Crippen molar-refractivity contribution < 1.29 is 9.18 Å². The summed E-state index contributed by atoms with van der Waals surface area (Å²) in [6.45, 7) is 6.14. The molecule has 0 heterocycles. The molecule has 1 aromatic carbocycles. The summed E-state index contributed by atoms with van der Waals surface area (Å²) < 4.78 is 13.2. The van der Waals surface area contributed by atoms with E-state index in [0.29, 0.717) is 5.92 Å². The Morgan fingerprint density at radius 3 is 2.50 bits per heavy atom. The van der Waals surface area contributed by atoms with Crippen LogP contribution in [-0.2, 0) is 0 Å². The Kier molecular flexibility index (Phi) is 7.00. The summed E-state index contributed by atoms with van der Waals surface area (Å²) >= 11 is 5.75. The molecule has 0 spiro atoms. The lowest BCUT2D eigenvalue weighted by Gasteiger charge is -2.29. The second-order valence-corrected chi connectivity index (χ2v) is 5.44. The Balaban J connectivity index is 0.000000956. The molecule has 0 bridgehead atoms. The third-order valence-electron chi connectivity index (χ3n) is 3.55. The second-order valence-electron chi connectivity index (χ2n) is 5.00. The van der Waals surface area contributed by atoms with Crippen LogP contribution < -0.4 is 5.32 Å². The van der Waals surface area contributed by atoms with Crippen LogP contribution in [0.5, 0.6) is 0 Å². The zero-order valence-corrected chi connectivity index (χ0v) is 13.1. The SMILES string of the molecule is CC.CC1CCCCC1NC(=O)c1cc(F)cc(Cl)c1. The third-order valence-corrected chi connectivity index (χ3v) is 3.77. The van der Waals surface area contributed by atoms with Crippen molar-refractivity contribution in [3.05, 3.63) is 34.6 Å². The normalized spacial score (nSPS) is 21.6. The molecule has 2 unspecified atom stereocenters. The molecule has 1 aliphatic carbocycles. The average molecular weight is 300 g/mol. The van der Waals surface area contributed by atoms with Crippen LogP contribution in [0.15, 0.2) is 18.2 Å². The van der Waals surface area contributed by atoms with Crippen LogP contribution >= 0.6 is 11.6 Å². The number of hydrogen-bond acceptors (Lipinski definition) is 1. The van der Waals surface area contributed by atoms with Gasteiger partial charge in [-0.05, 0) is 37.0 Å². The molecule has 112 valence electrons. The summed E-state index contributed by atoms with van der Waals surface area (Å²) in [5.41, 5.74) is 0.290. The van der Waals surface area contributed by atoms with Crippen LogP contribution in [0.1, 0.15) is 56.8 Å². The molecule has 2 rings (SSSR count). The first-order valence-electron chi connectivity index (χ1n) is 7.33. The maximum absolute atomic E-state index is 13.2. The summed E-state index contributed by atoms with van der Waals surface area (Å²) in [6, 6.07) is 4.09. The molecule has 1 saturated carbocycles. The van der Waals surface area contributed by atoms with E-state index in [0.717, 1.165) is 19.3 Å². The quantitative estimate of drug-likeness (QED) is 0.834. The molecule has 0 saturated heterocycles. The second kappa shape index (κ2) is 8.25. The van der Waals surface area contributed by atoms with Gasteiger partial charge in [-0.15, -0.1) is 0 Å². The minimum absolute atomic E-state index is 0.188. The Bertz CT molecular complexity index is 430. The fourth-order valence-electron chi connectivity index (χ4n) is 2.47. The van der Waals surface area contributed by atoms with Gasteiger partial charge in [0, 0.05) is 16.6 Å². The van der Waals surface area contributed by atoms with E-state index in [1.807, 2.05) is 13.8 Å². The highest BCUT2D eigenvalue weighted by molar-refractivity contribution is 6.31. The Morgan fingerprint density at radius 1 is 1.25 bits per heavy atom. The molecule has 2 nitrogen and oxygen atoms in total. The lowest BCUT2D eigenvalue weighted by atomic mass is 9.86. The van der Waals surface area contributed by atoms with Gasteiger partial charge in [0.1, 0.15) is 5.82 Å². The minimum atomic E-state index is -0.482. The molecule has 0 aromatic heterocycles. The average Bonchev–Trinajstić information content (AvgIpc) is 2.42. The molecule has 1 aromatic rings. The van der Waals surface area contributed by atoms with Crippen LogP contribution in [0.2, 0.25) is 5.02 Å². The topological polar surface area (TPSA) is 29.1 Å². The lowest BCUT2D eigenvalue weighted by Crippen LogP contribution is -2.41. The van der Waals surface area contributed by atoms with E-state index >= 15 is 0 Å². The van der Waals surface area contributed by atoms with Crippen molar-refractivity contribution in [3.8, 4) is 0 Å². The van der Waals surface area contributed by atoms with Gasteiger partial charge in [-0.2, -0.15) is 0 Å². The van der Waals surface area contributed by atoms with Gasteiger partial charge >= 0.3 is 0 Å². The van der Waals surface area contributed by atoms with Crippen molar-refractivity contribution >= 4 is 17.5 Å². The van der Waals surface area contributed by atoms with E-state index in [1.54, 1.807) is 0 Å². The monoisotopic (exact) mass is 299 g/mol. The first-order valence-corrected chi connectivity index (χ1v) is 7.71. The fourth-order valence-corrected chi connectivity index (χ4v) is 2.69. The number of halogens is 2. The summed E-state index contributed by atoms with van der Waals surface area (Å²) in [6.07, 6.45) is 4.49. The van der Waals surface area contributed by atoms with E-state index in [1.165, 1.54) is 24.6 Å². The molecule has 20 heavy (non-hydrogen) atoms. The molecule has 4 heteroatoms. The van der Waals surface area contributed by atoms with Gasteiger partial charge in [-0.1, -0.05) is 45.2 Å². The number of rotatable bonds is 2. The van der Waals surface area contributed by atoms with Crippen molar-refractivity contribution in [2.75, 3.05) is 0 Å². The van der Waals surface area contributed by atoms with Crippen molar-refractivity contribution in [3.63, 3.8) is 0 Å². The van der Waals surface area contributed by atoms with Gasteiger partial charge in [0.05, 0.1) is 0 Å². The number of hydrogen-bond donors (Lipinski definition) is 1. The maximum Gasteiger partial charge on any atom is 0.251 e. The van der Waals surface area contributed by atoms with Gasteiger partial charge in [-0.25, -0.2) is 4.39 Å². The zero-order chi connectivity index (χ0) is 15.1. The Morgan fingerprint density at radius 2 is 1.90 bits per heavy atom. The predicted octanol–water partition coefficient (Wildman–Crippen LogP) is 4.81. The van der Waals surface area contributed by atoms with Crippen LogP contribution in [-0.4, -0.2) is 11.9 Å². The van der Waals surface area contributed by atoms with Crippen molar-refractivity contribution in [1.29, 1.82) is 0 Å². The maximum atomic E-state index is 13.2. The number of carbonyl (C=O) groups is 1. The van der Waals surface area contributed by atoms with Crippen molar-refractivity contribution in [1.82, 2.24) is 5.32 Å². The first-order chi connectivity index (χ1) is 9.56. The highest BCUT2D eigenvalue weighted by Crippen LogP contribution is 2.24. The van der Waals surface area contributed by atoms with Crippen LogP contribution in [0.25, 0.3) is 0 Å². The van der Waals surface area contributed by atoms with E-state index in [9.17, 15) is 9.18 Å². The molecule has 0 radical (unpaired) electrons. The van der Waals surface area contributed by atoms with Crippen molar-refractivity contribution in [2.24, 2.45) is 5.92 Å². The Hall–Kier alpha value is -1.09. The molecule has 0 aliphatic heterocycles. The number of benzene rings is 1. The third kappa shape index (κ3) is 4.78. The van der Waals surface area contributed by atoms with E-state index in [4.69, 9.17) is 11.6 Å². The van der Waals surface area contributed by atoms with E-state index < -0.39 is 5.82 Å². The van der Waals surface area contributed by atoms with Gasteiger partial charge in [0.2, 0.25) is 0 Å². The molecule has 2 atom stereocenters. The number of nitrogens with one attached hydrogen (secondary N) is 1. The fraction of sp³-hybridized carbons (Fsp3) is 0.562. The Labute approximate surface area is 125 Å². The van der Waals surface area contributed by atoms with Gasteiger partial charge in [0.25, 0.3) is 5.91 Å². The highest BCUT2D eigenvalue weighted by Gasteiger charge is 2.23. The standard InChI is InChI=1S/C14H17ClFNO.C2H6/c1-9-4-2-3-5-13(9)17-14(18)10-6-11(15)8-12(16)7-10;1-2/h6-9,13H,2-5H2,1H3,(H,17,18);1-2H3. The molecular weight excluding hydrogens is 277 g/mol. The summed E-state index contributed by atoms with van der Waals surface area (Å²) in [7, 11) is 0. The number of carbonyl (C=O) groups excluding carboxylic acids is 1. The minimum Gasteiger partial charge on any atom is -0.349 e. The first kappa shape index (κ1) is 17.0. The zero-order valence-electron chi connectivity index (χ0n) is 12.4. The van der Waals surface area contributed by atoms with Crippen LogP contribution in [0, 0.1) is 11.7 Å². The summed E-state index contributed by atoms with van der Waals surface area (Å²) in [5.74, 6) is -0.244. The summed E-state index contributed by atoms with van der Waals surface area (Å²) in [4.78, 5) is 12.0.